The molecule has 1 aromatic carbocycles. The van der Waals surface area contributed by atoms with E-state index in [0.717, 1.165) is 6.54 Å². The van der Waals surface area contributed by atoms with Crippen molar-refractivity contribution in [3.8, 4) is 17.4 Å². The van der Waals surface area contributed by atoms with Crippen LogP contribution >= 0.6 is 0 Å². The van der Waals surface area contributed by atoms with Gasteiger partial charge in [0.1, 0.15) is 12.1 Å². The SMILES string of the molecule is CCNc1ncnc(Oc2ccc(C)cc2)c1OC. The van der Waals surface area contributed by atoms with Crippen molar-refractivity contribution in [2.45, 2.75) is 13.8 Å². The molecule has 0 aliphatic rings. The van der Waals surface area contributed by atoms with Crippen LogP contribution in [-0.2, 0) is 0 Å². The van der Waals surface area contributed by atoms with Crippen LogP contribution in [0.3, 0.4) is 0 Å². The standard InChI is InChI=1S/C14H17N3O2/c1-4-15-13-12(18-3)14(17-9-16-13)19-11-7-5-10(2)6-8-11/h5-9H,4H2,1-3H3,(H,15,16,17). The van der Waals surface area contributed by atoms with E-state index in [-0.39, 0.29) is 0 Å². The van der Waals surface area contributed by atoms with Gasteiger partial charge in [-0.3, -0.25) is 0 Å². The Balaban J connectivity index is 2.28. The summed E-state index contributed by atoms with van der Waals surface area (Å²) in [7, 11) is 1.57. The van der Waals surface area contributed by atoms with Crippen LogP contribution in [-0.4, -0.2) is 23.6 Å². The van der Waals surface area contributed by atoms with Crippen molar-refractivity contribution in [1.29, 1.82) is 0 Å². The summed E-state index contributed by atoms with van der Waals surface area (Å²) < 4.78 is 11.0. The van der Waals surface area contributed by atoms with Crippen molar-refractivity contribution in [3.05, 3.63) is 36.2 Å². The molecule has 0 saturated carbocycles. The second-order valence-corrected chi connectivity index (χ2v) is 4.01. The van der Waals surface area contributed by atoms with Gasteiger partial charge in [0.15, 0.2) is 5.82 Å². The number of nitrogens with one attached hydrogen (secondary N) is 1. The summed E-state index contributed by atoms with van der Waals surface area (Å²) in [6.07, 6.45) is 1.45. The lowest BCUT2D eigenvalue weighted by Crippen LogP contribution is -2.04. The summed E-state index contributed by atoms with van der Waals surface area (Å²) in [6, 6.07) is 7.75. The minimum atomic E-state index is 0.400. The smallest absolute Gasteiger partial charge is 0.268 e. The number of methoxy groups -OCH3 is 1. The minimum absolute atomic E-state index is 0.400. The molecular formula is C14H17N3O2. The third kappa shape index (κ3) is 3.13. The summed E-state index contributed by atoms with van der Waals surface area (Å²) in [4.78, 5) is 8.24. The molecule has 2 rings (SSSR count). The highest BCUT2D eigenvalue weighted by atomic mass is 16.5. The van der Waals surface area contributed by atoms with Crippen LogP contribution in [0.4, 0.5) is 5.82 Å². The number of anilines is 1. The van der Waals surface area contributed by atoms with Gasteiger partial charge >= 0.3 is 0 Å². The lowest BCUT2D eigenvalue weighted by Gasteiger charge is -2.12. The largest absolute Gasteiger partial charge is 0.489 e. The molecule has 5 nitrogen and oxygen atoms in total. The zero-order chi connectivity index (χ0) is 13.7. The molecular weight excluding hydrogens is 242 g/mol. The number of nitrogens with zero attached hydrogens (tertiary/aromatic N) is 2. The van der Waals surface area contributed by atoms with E-state index in [0.29, 0.717) is 23.2 Å². The van der Waals surface area contributed by atoms with Crippen LogP contribution in [0.5, 0.6) is 17.4 Å². The first kappa shape index (κ1) is 13.1. The second-order valence-electron chi connectivity index (χ2n) is 4.01. The van der Waals surface area contributed by atoms with Gasteiger partial charge in [-0.15, -0.1) is 0 Å². The monoisotopic (exact) mass is 259 g/mol. The van der Waals surface area contributed by atoms with E-state index in [1.54, 1.807) is 7.11 Å². The van der Waals surface area contributed by atoms with E-state index in [9.17, 15) is 0 Å². The number of hydrogen-bond donors (Lipinski definition) is 1. The molecule has 0 fully saturated rings. The Hall–Kier alpha value is -2.30. The highest BCUT2D eigenvalue weighted by Crippen LogP contribution is 2.33. The maximum atomic E-state index is 5.73. The number of rotatable bonds is 5. The normalized spacial score (nSPS) is 10.1. The summed E-state index contributed by atoms with van der Waals surface area (Å²) in [6.45, 7) is 4.76. The molecule has 5 heteroatoms. The molecule has 0 unspecified atom stereocenters. The van der Waals surface area contributed by atoms with Crippen LogP contribution in [0.1, 0.15) is 12.5 Å². The molecule has 19 heavy (non-hydrogen) atoms. The Labute approximate surface area is 112 Å². The Morgan fingerprint density at radius 1 is 1.16 bits per heavy atom. The maximum Gasteiger partial charge on any atom is 0.268 e. The Kier molecular flexibility index (Phi) is 4.18. The summed E-state index contributed by atoms with van der Waals surface area (Å²) >= 11 is 0. The number of aromatic nitrogens is 2. The van der Waals surface area contributed by atoms with Crippen molar-refractivity contribution < 1.29 is 9.47 Å². The van der Waals surface area contributed by atoms with Gasteiger partial charge in [0.25, 0.3) is 5.88 Å². The van der Waals surface area contributed by atoms with Gasteiger partial charge in [-0.2, -0.15) is 4.98 Å². The maximum absolute atomic E-state index is 5.73. The van der Waals surface area contributed by atoms with Crippen molar-refractivity contribution in [2.24, 2.45) is 0 Å². The van der Waals surface area contributed by atoms with E-state index in [4.69, 9.17) is 9.47 Å². The minimum Gasteiger partial charge on any atom is -0.489 e. The highest BCUT2D eigenvalue weighted by molar-refractivity contribution is 5.55. The third-order valence-corrected chi connectivity index (χ3v) is 2.55. The number of aryl methyl sites for hydroxylation is 1. The molecule has 2 aromatic rings. The molecule has 1 N–H and O–H groups in total. The van der Waals surface area contributed by atoms with E-state index >= 15 is 0 Å². The molecule has 0 radical (unpaired) electrons. The van der Waals surface area contributed by atoms with Gasteiger partial charge in [-0.25, -0.2) is 4.98 Å². The van der Waals surface area contributed by atoms with Crippen molar-refractivity contribution in [2.75, 3.05) is 19.0 Å². The predicted octanol–water partition coefficient (Wildman–Crippen LogP) is 3.02. The first-order valence-electron chi connectivity index (χ1n) is 6.12. The average molecular weight is 259 g/mol. The number of ether oxygens (including phenoxy) is 2. The van der Waals surface area contributed by atoms with E-state index < -0.39 is 0 Å². The van der Waals surface area contributed by atoms with Crippen LogP contribution in [0.15, 0.2) is 30.6 Å². The summed E-state index contributed by atoms with van der Waals surface area (Å²) in [5.74, 6) is 2.24. The topological polar surface area (TPSA) is 56.3 Å². The van der Waals surface area contributed by atoms with Crippen LogP contribution < -0.4 is 14.8 Å². The number of hydrogen-bond acceptors (Lipinski definition) is 5. The summed E-state index contributed by atoms with van der Waals surface area (Å²) in [5.41, 5.74) is 1.18. The molecule has 0 saturated heterocycles. The highest BCUT2D eigenvalue weighted by Gasteiger charge is 2.13. The molecule has 0 aliphatic carbocycles. The molecule has 0 bridgehead atoms. The second kappa shape index (κ2) is 6.04. The van der Waals surface area contributed by atoms with Crippen molar-refractivity contribution in [1.82, 2.24) is 9.97 Å². The first-order chi connectivity index (χ1) is 9.24. The fourth-order valence-electron chi connectivity index (χ4n) is 1.63. The van der Waals surface area contributed by atoms with E-state index in [1.165, 1.54) is 11.9 Å². The molecule has 0 spiro atoms. The Morgan fingerprint density at radius 2 is 1.89 bits per heavy atom. The van der Waals surface area contributed by atoms with E-state index in [2.05, 4.69) is 15.3 Å². The van der Waals surface area contributed by atoms with Gasteiger partial charge < -0.3 is 14.8 Å². The molecule has 0 atom stereocenters. The lowest BCUT2D eigenvalue weighted by atomic mass is 10.2. The van der Waals surface area contributed by atoms with E-state index in [1.807, 2.05) is 38.1 Å². The van der Waals surface area contributed by atoms with Gasteiger partial charge in [0.05, 0.1) is 7.11 Å². The first-order valence-corrected chi connectivity index (χ1v) is 6.12. The quantitative estimate of drug-likeness (QED) is 0.894. The van der Waals surface area contributed by atoms with Crippen LogP contribution in [0, 0.1) is 6.92 Å². The summed E-state index contributed by atoms with van der Waals surface area (Å²) in [5, 5.41) is 3.11. The van der Waals surface area contributed by atoms with Gasteiger partial charge in [0.2, 0.25) is 5.75 Å². The molecule has 0 aliphatic heterocycles. The van der Waals surface area contributed by atoms with Crippen LogP contribution in [0.2, 0.25) is 0 Å². The number of benzene rings is 1. The molecule has 1 aromatic heterocycles. The zero-order valence-corrected chi connectivity index (χ0v) is 11.3. The predicted molar refractivity (Wildman–Crippen MR) is 74.0 cm³/mol. The van der Waals surface area contributed by atoms with Crippen LogP contribution in [0.25, 0.3) is 0 Å². The molecule has 100 valence electrons. The van der Waals surface area contributed by atoms with Gasteiger partial charge in [-0.1, -0.05) is 17.7 Å². The van der Waals surface area contributed by atoms with Crippen molar-refractivity contribution in [3.63, 3.8) is 0 Å². The van der Waals surface area contributed by atoms with Gasteiger partial charge in [-0.05, 0) is 26.0 Å². The van der Waals surface area contributed by atoms with Crippen molar-refractivity contribution >= 4 is 5.82 Å². The zero-order valence-electron chi connectivity index (χ0n) is 11.3. The Morgan fingerprint density at radius 3 is 2.53 bits per heavy atom. The average Bonchev–Trinajstić information content (AvgIpc) is 2.42. The molecule has 0 amide bonds. The fourth-order valence-corrected chi connectivity index (χ4v) is 1.63. The third-order valence-electron chi connectivity index (χ3n) is 2.55. The fraction of sp³-hybridized carbons (Fsp3) is 0.286. The van der Waals surface area contributed by atoms with Gasteiger partial charge in [0, 0.05) is 6.54 Å². The lowest BCUT2D eigenvalue weighted by molar-refractivity contribution is 0.369. The molecule has 1 heterocycles. The Bertz CT molecular complexity index is 541.